The van der Waals surface area contributed by atoms with Gasteiger partial charge in [-0.15, -0.1) is 0 Å². The molecule has 1 saturated heterocycles. The molecule has 160 valence electrons. The minimum Gasteiger partial charge on any atom is -0.494 e. The molecule has 30 heavy (non-hydrogen) atoms. The standard InChI is InChI=1S/C23H29ClN4O2/c1-3-22-26-20-15-25-21(24)14-19(20)23(29)28(22)17-7-9-18(10-8-17)30-13-5-12-27-11-4-6-16(27)2/h7-10,14-16,25,29H,3-6,11-13H2,1-2H3/t16-/m0/s1. The van der Waals surface area contributed by atoms with Crippen LogP contribution in [0.3, 0.4) is 0 Å². The number of aliphatic imine (C=N–C) groups is 1. The van der Waals surface area contributed by atoms with Crippen molar-refractivity contribution in [3.05, 3.63) is 58.9 Å². The number of nitrogens with zero attached hydrogens (tertiary/aromatic N) is 3. The second-order valence-corrected chi connectivity index (χ2v) is 8.25. The van der Waals surface area contributed by atoms with Crippen LogP contribution in [0.1, 0.15) is 39.5 Å². The van der Waals surface area contributed by atoms with Crippen molar-refractivity contribution >= 4 is 23.1 Å². The zero-order valence-electron chi connectivity index (χ0n) is 17.6. The molecule has 0 aliphatic carbocycles. The molecular weight excluding hydrogens is 400 g/mol. The Morgan fingerprint density at radius 2 is 2.10 bits per heavy atom. The SMILES string of the molecule is CCC1=NC2=CNC(Cl)=CC2=C(O)N1c1ccc(OCCCN2CCC[C@@H]2C)cc1. The Morgan fingerprint density at radius 1 is 1.30 bits per heavy atom. The topological polar surface area (TPSA) is 60.3 Å². The van der Waals surface area contributed by atoms with Crippen molar-refractivity contribution in [1.82, 2.24) is 10.2 Å². The van der Waals surface area contributed by atoms with Gasteiger partial charge >= 0.3 is 0 Å². The third-order valence-corrected chi connectivity index (χ3v) is 6.03. The Morgan fingerprint density at radius 3 is 2.80 bits per heavy atom. The van der Waals surface area contributed by atoms with Gasteiger partial charge in [-0.05, 0) is 63.1 Å². The van der Waals surface area contributed by atoms with Crippen LogP contribution in [-0.4, -0.2) is 41.6 Å². The van der Waals surface area contributed by atoms with Gasteiger partial charge in [-0.2, -0.15) is 0 Å². The van der Waals surface area contributed by atoms with E-state index >= 15 is 0 Å². The number of benzene rings is 1. The predicted octanol–water partition coefficient (Wildman–Crippen LogP) is 4.86. The van der Waals surface area contributed by atoms with Crippen molar-refractivity contribution in [2.24, 2.45) is 4.99 Å². The van der Waals surface area contributed by atoms with Gasteiger partial charge in [0.2, 0.25) is 5.88 Å². The van der Waals surface area contributed by atoms with Crippen LogP contribution in [0, 0.1) is 0 Å². The number of likely N-dealkylation sites (tertiary alicyclic amines) is 1. The van der Waals surface area contributed by atoms with Gasteiger partial charge in [0.05, 0.1) is 23.6 Å². The number of hydrogen-bond donors (Lipinski definition) is 2. The molecule has 3 aliphatic rings. The number of anilines is 1. The van der Waals surface area contributed by atoms with Gasteiger partial charge in [-0.25, -0.2) is 4.99 Å². The highest BCUT2D eigenvalue weighted by Gasteiger charge is 2.28. The van der Waals surface area contributed by atoms with E-state index in [0.717, 1.165) is 30.2 Å². The zero-order valence-corrected chi connectivity index (χ0v) is 18.3. The van der Waals surface area contributed by atoms with Crippen LogP contribution in [0.4, 0.5) is 5.69 Å². The highest BCUT2D eigenvalue weighted by Crippen LogP contribution is 2.33. The summed E-state index contributed by atoms with van der Waals surface area (Å²) < 4.78 is 5.93. The molecule has 1 fully saturated rings. The first-order chi connectivity index (χ1) is 14.6. The van der Waals surface area contributed by atoms with E-state index in [9.17, 15) is 5.11 Å². The normalized spacial score (nSPS) is 21.6. The summed E-state index contributed by atoms with van der Waals surface area (Å²) in [5.41, 5.74) is 2.12. The van der Waals surface area contributed by atoms with Crippen molar-refractivity contribution in [1.29, 1.82) is 0 Å². The summed E-state index contributed by atoms with van der Waals surface area (Å²) in [6.45, 7) is 7.32. The maximum absolute atomic E-state index is 10.9. The van der Waals surface area contributed by atoms with Crippen molar-refractivity contribution in [3.63, 3.8) is 0 Å². The van der Waals surface area contributed by atoms with Gasteiger partial charge in [0.15, 0.2) is 0 Å². The highest BCUT2D eigenvalue weighted by molar-refractivity contribution is 6.29. The molecule has 6 nitrogen and oxygen atoms in total. The molecule has 0 aromatic heterocycles. The van der Waals surface area contributed by atoms with E-state index in [1.807, 2.05) is 31.2 Å². The zero-order chi connectivity index (χ0) is 21.1. The van der Waals surface area contributed by atoms with Gasteiger partial charge < -0.3 is 20.1 Å². The molecule has 0 bridgehead atoms. The number of halogens is 1. The number of fused-ring (bicyclic) bond motifs is 1. The van der Waals surface area contributed by atoms with Crippen molar-refractivity contribution in [3.8, 4) is 5.75 Å². The molecule has 2 N–H and O–H groups in total. The smallest absolute Gasteiger partial charge is 0.206 e. The molecule has 0 amide bonds. The molecule has 1 aromatic carbocycles. The Bertz CT molecular complexity index is 904. The van der Waals surface area contributed by atoms with E-state index in [1.165, 1.54) is 19.4 Å². The van der Waals surface area contributed by atoms with Crippen molar-refractivity contribution in [2.75, 3.05) is 24.6 Å². The van der Waals surface area contributed by atoms with Crippen molar-refractivity contribution < 1.29 is 9.84 Å². The quantitative estimate of drug-likeness (QED) is 0.479. The number of dihydropyridines is 1. The van der Waals surface area contributed by atoms with Crippen molar-refractivity contribution in [2.45, 2.75) is 45.6 Å². The molecule has 3 heterocycles. The lowest BCUT2D eigenvalue weighted by atomic mass is 10.1. The summed E-state index contributed by atoms with van der Waals surface area (Å²) >= 11 is 6.07. The molecule has 1 atom stereocenters. The van der Waals surface area contributed by atoms with Crippen LogP contribution >= 0.6 is 11.6 Å². The van der Waals surface area contributed by atoms with E-state index in [0.29, 0.717) is 35.5 Å². The van der Waals surface area contributed by atoms with Gasteiger partial charge in [0.1, 0.15) is 16.7 Å². The third kappa shape index (κ3) is 4.35. The number of rotatable bonds is 7. The Hall–Kier alpha value is -2.44. The largest absolute Gasteiger partial charge is 0.494 e. The average Bonchev–Trinajstić information content (AvgIpc) is 3.17. The van der Waals surface area contributed by atoms with Gasteiger partial charge in [-0.1, -0.05) is 18.5 Å². The van der Waals surface area contributed by atoms with Gasteiger partial charge in [0, 0.05) is 25.2 Å². The average molecular weight is 429 g/mol. The molecule has 7 heteroatoms. The summed E-state index contributed by atoms with van der Waals surface area (Å²) in [4.78, 5) is 8.97. The Labute approximate surface area is 183 Å². The lowest BCUT2D eigenvalue weighted by Crippen LogP contribution is -2.34. The van der Waals surface area contributed by atoms with Crippen LogP contribution in [0.15, 0.2) is 63.8 Å². The number of aliphatic hydroxyl groups is 1. The Kier molecular flexibility index (Phi) is 6.35. The maximum Gasteiger partial charge on any atom is 0.206 e. The molecule has 1 aromatic rings. The van der Waals surface area contributed by atoms with Crippen LogP contribution in [-0.2, 0) is 0 Å². The number of allylic oxidation sites excluding steroid dienone is 1. The van der Waals surface area contributed by atoms with Crippen LogP contribution in [0.25, 0.3) is 0 Å². The first kappa shape index (κ1) is 20.8. The predicted molar refractivity (Wildman–Crippen MR) is 122 cm³/mol. The van der Waals surface area contributed by atoms with E-state index in [2.05, 4.69) is 22.1 Å². The summed E-state index contributed by atoms with van der Waals surface area (Å²) in [6, 6.07) is 8.47. The fourth-order valence-electron chi connectivity index (χ4n) is 4.14. The summed E-state index contributed by atoms with van der Waals surface area (Å²) in [6.07, 6.45) is 7.71. The lowest BCUT2D eigenvalue weighted by Gasteiger charge is -2.31. The molecule has 0 unspecified atom stereocenters. The summed E-state index contributed by atoms with van der Waals surface area (Å²) in [5.74, 6) is 1.73. The molecule has 4 rings (SSSR count). The molecule has 3 aliphatic heterocycles. The molecular formula is C23H29ClN4O2. The van der Waals surface area contributed by atoms with E-state index < -0.39 is 0 Å². The second kappa shape index (κ2) is 9.14. The third-order valence-electron chi connectivity index (χ3n) is 5.81. The van der Waals surface area contributed by atoms with E-state index in [4.69, 9.17) is 16.3 Å². The number of aliphatic hydroxyl groups excluding tert-OH is 1. The van der Waals surface area contributed by atoms with Gasteiger partial charge in [-0.3, -0.25) is 4.90 Å². The molecule has 0 spiro atoms. The van der Waals surface area contributed by atoms with Gasteiger partial charge in [0.25, 0.3) is 0 Å². The lowest BCUT2D eigenvalue weighted by molar-refractivity contribution is 0.230. The first-order valence-electron chi connectivity index (χ1n) is 10.7. The molecule has 0 radical (unpaired) electrons. The number of ether oxygens (including phenoxy) is 1. The maximum atomic E-state index is 10.9. The van der Waals surface area contributed by atoms with Crippen LogP contribution in [0.2, 0.25) is 0 Å². The minimum atomic E-state index is 0.126. The number of hydrogen-bond acceptors (Lipinski definition) is 6. The fraction of sp³-hybridized carbons (Fsp3) is 0.435. The number of amidine groups is 1. The molecule has 0 saturated carbocycles. The van der Waals surface area contributed by atoms with Crippen LogP contribution in [0.5, 0.6) is 5.75 Å². The summed E-state index contributed by atoms with van der Waals surface area (Å²) in [7, 11) is 0. The highest BCUT2D eigenvalue weighted by atomic mass is 35.5. The monoisotopic (exact) mass is 428 g/mol. The fourth-order valence-corrected chi connectivity index (χ4v) is 4.31. The van der Waals surface area contributed by atoms with E-state index in [-0.39, 0.29) is 5.88 Å². The minimum absolute atomic E-state index is 0.126. The van der Waals surface area contributed by atoms with E-state index in [1.54, 1.807) is 17.2 Å². The number of nitrogens with one attached hydrogen (secondary N) is 1. The Balaban J connectivity index is 1.41. The summed E-state index contributed by atoms with van der Waals surface area (Å²) in [5, 5.41) is 14.3. The first-order valence-corrected chi connectivity index (χ1v) is 11.1. The second-order valence-electron chi connectivity index (χ2n) is 7.84. The van der Waals surface area contributed by atoms with Crippen LogP contribution < -0.4 is 15.0 Å².